The van der Waals surface area contributed by atoms with Gasteiger partial charge in [0.05, 0.1) is 5.39 Å². The molecule has 2 aliphatic heterocycles. The molecule has 0 N–H and O–H groups in total. The maximum atomic E-state index is 13.9. The lowest BCUT2D eigenvalue weighted by molar-refractivity contribution is -0.129. The summed E-state index contributed by atoms with van der Waals surface area (Å²) in [6.07, 6.45) is 3.26. The Kier molecular flexibility index (Phi) is 6.79. The predicted octanol–water partition coefficient (Wildman–Crippen LogP) is 3.43. The monoisotopic (exact) mass is 543 g/mol. The molecule has 2 amide bonds. The average molecular weight is 544 g/mol. The summed E-state index contributed by atoms with van der Waals surface area (Å²) < 4.78 is 20.3. The van der Waals surface area contributed by atoms with Crippen molar-refractivity contribution in [2.75, 3.05) is 62.2 Å². The molecule has 0 atom stereocenters. The second kappa shape index (κ2) is 10.6. The topological polar surface area (TPSA) is 98.9 Å². The number of carbonyl (C=O) groups is 2. The molecule has 1 aromatic carbocycles. The van der Waals surface area contributed by atoms with Crippen LogP contribution in [0.25, 0.3) is 33.6 Å². The summed E-state index contributed by atoms with van der Waals surface area (Å²) in [6, 6.07) is 10.2. The van der Waals surface area contributed by atoms with E-state index >= 15 is 0 Å². The lowest BCUT2D eigenvalue weighted by Crippen LogP contribution is -2.48. The van der Waals surface area contributed by atoms with E-state index in [1.165, 1.54) is 18.5 Å². The third-order valence-corrected chi connectivity index (χ3v) is 7.68. The number of aromatic nitrogens is 3. The van der Waals surface area contributed by atoms with Gasteiger partial charge < -0.3 is 24.0 Å². The van der Waals surface area contributed by atoms with Gasteiger partial charge in [-0.3, -0.25) is 9.59 Å². The summed E-state index contributed by atoms with van der Waals surface area (Å²) >= 11 is 0. The lowest BCUT2D eigenvalue weighted by Gasteiger charge is -2.35. The van der Waals surface area contributed by atoms with E-state index in [4.69, 9.17) is 9.40 Å². The highest BCUT2D eigenvalue weighted by Crippen LogP contribution is 2.43. The van der Waals surface area contributed by atoms with Gasteiger partial charge >= 0.3 is 0 Å². The number of benzene rings is 1. The normalized spacial score (nSPS) is 16.1. The average Bonchev–Trinajstić information content (AvgIpc) is 3.38. The molecule has 0 spiro atoms. The van der Waals surface area contributed by atoms with Gasteiger partial charge in [-0.1, -0.05) is 12.1 Å². The Morgan fingerprint density at radius 1 is 0.750 bits per heavy atom. The molecule has 0 aliphatic carbocycles. The number of amides is 2. The first-order chi connectivity index (χ1) is 19.4. The molecule has 11 heteroatoms. The van der Waals surface area contributed by atoms with Gasteiger partial charge in [-0.15, -0.1) is 0 Å². The van der Waals surface area contributed by atoms with Crippen molar-refractivity contribution < 1.29 is 18.4 Å². The number of hydrogen-bond acceptors (Lipinski definition) is 8. The van der Waals surface area contributed by atoms with Crippen LogP contribution in [0.3, 0.4) is 0 Å². The fourth-order valence-corrected chi connectivity index (χ4v) is 5.44. The highest BCUT2D eigenvalue weighted by Gasteiger charge is 2.27. The molecule has 0 radical (unpaired) electrons. The van der Waals surface area contributed by atoms with Gasteiger partial charge in [0, 0.05) is 83.5 Å². The van der Waals surface area contributed by atoms with Crippen molar-refractivity contribution in [3.8, 4) is 22.5 Å². The Balaban J connectivity index is 1.39. The molecular weight excluding hydrogens is 513 g/mol. The SMILES string of the molecule is CC(=O)N1CCN(c2ccc(-c3oc4ncnc(N5CCN(C(C)=O)CC5)c4c3-c3ccc(F)cc3)cn2)CC1. The van der Waals surface area contributed by atoms with Crippen LogP contribution in [0, 0.1) is 5.82 Å². The van der Waals surface area contributed by atoms with E-state index in [9.17, 15) is 14.0 Å². The lowest BCUT2D eigenvalue weighted by atomic mass is 9.99. The van der Waals surface area contributed by atoms with Crippen LogP contribution in [0.5, 0.6) is 0 Å². The Labute approximate surface area is 231 Å². The summed E-state index contributed by atoms with van der Waals surface area (Å²) in [7, 11) is 0. The molecule has 10 nitrogen and oxygen atoms in total. The number of carbonyl (C=O) groups excluding carboxylic acids is 2. The third kappa shape index (κ3) is 4.83. The number of furan rings is 1. The van der Waals surface area contributed by atoms with Gasteiger partial charge in [0.15, 0.2) is 0 Å². The Bertz CT molecular complexity index is 1540. The van der Waals surface area contributed by atoms with Crippen LogP contribution in [-0.4, -0.2) is 88.9 Å². The van der Waals surface area contributed by atoms with Gasteiger partial charge in [-0.05, 0) is 29.8 Å². The minimum Gasteiger partial charge on any atom is -0.437 e. The summed E-state index contributed by atoms with van der Waals surface area (Å²) in [5, 5.41) is 0.741. The van der Waals surface area contributed by atoms with Gasteiger partial charge in [0.1, 0.15) is 29.5 Å². The summed E-state index contributed by atoms with van der Waals surface area (Å²) in [5.74, 6) is 1.94. The molecule has 6 rings (SSSR count). The molecule has 2 fully saturated rings. The molecule has 0 bridgehead atoms. The molecule has 2 aliphatic rings. The molecule has 3 aromatic heterocycles. The van der Waals surface area contributed by atoms with Crippen LogP contribution in [0.4, 0.5) is 16.0 Å². The van der Waals surface area contributed by atoms with Crippen LogP contribution >= 0.6 is 0 Å². The predicted molar refractivity (Wildman–Crippen MR) is 149 cm³/mol. The summed E-state index contributed by atoms with van der Waals surface area (Å²) in [5.41, 5.74) is 2.73. The number of fused-ring (bicyclic) bond motifs is 1. The number of rotatable bonds is 4. The van der Waals surface area contributed by atoms with Gasteiger partial charge in [-0.25, -0.2) is 19.3 Å². The number of pyridine rings is 1. The van der Waals surface area contributed by atoms with E-state index < -0.39 is 0 Å². The highest BCUT2D eigenvalue weighted by atomic mass is 19.1. The van der Waals surface area contributed by atoms with Crippen LogP contribution in [0.15, 0.2) is 53.3 Å². The van der Waals surface area contributed by atoms with Crippen molar-refractivity contribution in [1.82, 2.24) is 24.8 Å². The molecule has 0 saturated carbocycles. The second-order valence-electron chi connectivity index (χ2n) is 10.1. The van der Waals surface area contributed by atoms with Gasteiger partial charge in [0.25, 0.3) is 0 Å². The van der Waals surface area contributed by atoms with E-state index in [0.29, 0.717) is 63.8 Å². The smallest absolute Gasteiger partial charge is 0.232 e. The van der Waals surface area contributed by atoms with E-state index in [1.54, 1.807) is 32.2 Å². The first-order valence-electron chi connectivity index (χ1n) is 13.4. The molecule has 0 unspecified atom stereocenters. The van der Waals surface area contributed by atoms with E-state index in [1.807, 2.05) is 21.9 Å². The first kappa shape index (κ1) is 25.7. The largest absolute Gasteiger partial charge is 0.437 e. The fraction of sp³-hybridized carbons (Fsp3) is 0.345. The third-order valence-electron chi connectivity index (χ3n) is 7.68. The molecule has 206 valence electrons. The molecule has 5 heterocycles. The highest BCUT2D eigenvalue weighted by molar-refractivity contribution is 6.06. The summed E-state index contributed by atoms with van der Waals surface area (Å²) in [4.78, 5) is 45.3. The van der Waals surface area contributed by atoms with E-state index in [-0.39, 0.29) is 17.6 Å². The van der Waals surface area contributed by atoms with Crippen molar-refractivity contribution in [3.05, 3.63) is 54.7 Å². The molecule has 4 aromatic rings. The summed E-state index contributed by atoms with van der Waals surface area (Å²) in [6.45, 7) is 8.39. The zero-order valence-corrected chi connectivity index (χ0v) is 22.5. The van der Waals surface area contributed by atoms with Crippen LogP contribution in [0.2, 0.25) is 0 Å². The molecule has 40 heavy (non-hydrogen) atoms. The maximum absolute atomic E-state index is 13.9. The molecule has 2 saturated heterocycles. The second-order valence-corrected chi connectivity index (χ2v) is 10.1. The van der Waals surface area contributed by atoms with Crippen molar-refractivity contribution >= 4 is 34.5 Å². The van der Waals surface area contributed by atoms with Crippen molar-refractivity contribution in [2.45, 2.75) is 13.8 Å². The van der Waals surface area contributed by atoms with E-state index in [0.717, 1.165) is 33.7 Å². The van der Waals surface area contributed by atoms with E-state index in [2.05, 4.69) is 19.8 Å². The number of nitrogens with zero attached hydrogens (tertiary/aromatic N) is 7. The number of anilines is 2. The van der Waals surface area contributed by atoms with Crippen molar-refractivity contribution in [2.24, 2.45) is 0 Å². The quantitative estimate of drug-likeness (QED) is 0.386. The minimum atomic E-state index is -0.328. The Morgan fingerprint density at radius 2 is 1.35 bits per heavy atom. The Hall–Kier alpha value is -4.54. The minimum absolute atomic E-state index is 0.0572. The Morgan fingerprint density at radius 3 is 1.93 bits per heavy atom. The van der Waals surface area contributed by atoms with Gasteiger partial charge in [-0.2, -0.15) is 0 Å². The first-order valence-corrected chi connectivity index (χ1v) is 13.4. The molecular formula is C29H30FN7O3. The standard InChI is InChI=1S/C29H30FN7O3/c1-19(38)34-9-13-36(14-10-34)24-8-5-22(17-31-24)27-25(21-3-6-23(30)7-4-21)26-28(32-18-33-29(26)40-27)37-15-11-35(12-16-37)20(2)39/h3-8,17-18H,9-16H2,1-2H3. The van der Waals surface area contributed by atoms with Crippen molar-refractivity contribution in [3.63, 3.8) is 0 Å². The van der Waals surface area contributed by atoms with Gasteiger partial charge in [0.2, 0.25) is 17.5 Å². The number of halogens is 1. The fourth-order valence-electron chi connectivity index (χ4n) is 5.44. The number of piperazine rings is 2. The van der Waals surface area contributed by atoms with Crippen LogP contribution < -0.4 is 9.80 Å². The zero-order chi connectivity index (χ0) is 27.8. The zero-order valence-electron chi connectivity index (χ0n) is 22.5. The van der Waals surface area contributed by atoms with Crippen LogP contribution in [-0.2, 0) is 9.59 Å². The maximum Gasteiger partial charge on any atom is 0.232 e. The van der Waals surface area contributed by atoms with Crippen molar-refractivity contribution in [1.29, 1.82) is 0 Å². The number of hydrogen-bond donors (Lipinski definition) is 0. The van der Waals surface area contributed by atoms with Crippen LogP contribution in [0.1, 0.15) is 13.8 Å².